The third-order valence-corrected chi connectivity index (χ3v) is 6.56. The molecule has 0 saturated heterocycles. The van der Waals surface area contributed by atoms with Gasteiger partial charge in [0.25, 0.3) is 0 Å². The van der Waals surface area contributed by atoms with Crippen molar-refractivity contribution in [3.8, 4) is 28.3 Å². The zero-order chi connectivity index (χ0) is 25.9. The molecule has 0 fully saturated rings. The molecule has 36 heavy (non-hydrogen) atoms. The Hall–Kier alpha value is -3.85. The molecule has 3 aromatic carbocycles. The summed E-state index contributed by atoms with van der Waals surface area (Å²) in [5.41, 5.74) is 2.15. The normalized spacial score (nSPS) is 12.2. The SMILES string of the molecule is C=C(COc1nc(C(F)(F)F)nc(-c2ccc(C)cc2)c1-c1ccccc1)S(=O)c1ccccc1F. The second kappa shape index (κ2) is 10.4. The first kappa shape index (κ1) is 25.2. The Morgan fingerprint density at radius 2 is 1.56 bits per heavy atom. The molecule has 4 aromatic rings. The van der Waals surface area contributed by atoms with Crippen molar-refractivity contribution in [3.05, 3.63) is 108 Å². The molecule has 0 spiro atoms. The van der Waals surface area contributed by atoms with Gasteiger partial charge in [0.2, 0.25) is 11.7 Å². The molecule has 1 unspecified atom stereocenters. The van der Waals surface area contributed by atoms with E-state index in [9.17, 15) is 21.8 Å². The lowest BCUT2D eigenvalue weighted by Crippen LogP contribution is -2.15. The van der Waals surface area contributed by atoms with Crippen LogP contribution in [-0.2, 0) is 17.0 Å². The highest BCUT2D eigenvalue weighted by Gasteiger charge is 2.37. The first-order valence-electron chi connectivity index (χ1n) is 10.7. The molecule has 1 heterocycles. The van der Waals surface area contributed by atoms with E-state index in [-0.39, 0.29) is 26.9 Å². The lowest BCUT2D eigenvalue weighted by molar-refractivity contribution is -0.145. The van der Waals surface area contributed by atoms with Gasteiger partial charge >= 0.3 is 6.18 Å². The third-order valence-electron chi connectivity index (χ3n) is 5.19. The first-order chi connectivity index (χ1) is 17.1. The summed E-state index contributed by atoms with van der Waals surface area (Å²) in [6, 6.07) is 20.9. The number of nitrogens with zero attached hydrogens (tertiary/aromatic N) is 2. The quantitative estimate of drug-likeness (QED) is 0.251. The smallest absolute Gasteiger partial charge is 0.451 e. The lowest BCUT2D eigenvalue weighted by atomic mass is 9.99. The highest BCUT2D eigenvalue weighted by molar-refractivity contribution is 7.89. The molecule has 0 saturated carbocycles. The van der Waals surface area contributed by atoms with Gasteiger partial charge in [-0.05, 0) is 24.6 Å². The van der Waals surface area contributed by atoms with Crippen LogP contribution in [-0.4, -0.2) is 20.8 Å². The number of alkyl halides is 3. The molecule has 0 aliphatic carbocycles. The third kappa shape index (κ3) is 5.52. The number of rotatable bonds is 7. The number of ether oxygens (including phenoxy) is 1. The standard InChI is InChI=1S/C27H20F4N2O2S/c1-17-12-14-20(15-13-17)24-23(19-8-4-3-5-9-19)25(33-26(32-24)27(29,30)31)35-16-18(2)36(34)22-11-7-6-10-21(22)28/h3-15H,2,16H2,1H3. The van der Waals surface area contributed by atoms with Gasteiger partial charge in [0, 0.05) is 5.56 Å². The number of aromatic nitrogens is 2. The van der Waals surface area contributed by atoms with Gasteiger partial charge in [-0.3, -0.25) is 0 Å². The number of benzene rings is 3. The van der Waals surface area contributed by atoms with Crippen LogP contribution in [0.1, 0.15) is 11.4 Å². The predicted molar refractivity (Wildman–Crippen MR) is 130 cm³/mol. The van der Waals surface area contributed by atoms with E-state index in [1.54, 1.807) is 54.6 Å². The minimum atomic E-state index is -4.85. The number of aryl methyl sites for hydroxylation is 1. The summed E-state index contributed by atoms with van der Waals surface area (Å²) < 4.78 is 73.8. The van der Waals surface area contributed by atoms with Crippen molar-refractivity contribution >= 4 is 10.8 Å². The second-order valence-electron chi connectivity index (χ2n) is 7.83. The van der Waals surface area contributed by atoms with E-state index in [4.69, 9.17) is 4.74 Å². The van der Waals surface area contributed by atoms with Crippen molar-refractivity contribution < 1.29 is 26.5 Å². The van der Waals surface area contributed by atoms with Crippen LogP contribution in [0.2, 0.25) is 0 Å². The Balaban J connectivity index is 1.81. The van der Waals surface area contributed by atoms with Crippen molar-refractivity contribution in [2.45, 2.75) is 18.0 Å². The van der Waals surface area contributed by atoms with E-state index >= 15 is 0 Å². The Morgan fingerprint density at radius 1 is 0.917 bits per heavy atom. The molecule has 1 atom stereocenters. The molecule has 0 radical (unpaired) electrons. The summed E-state index contributed by atoms with van der Waals surface area (Å²) in [6.45, 7) is 5.10. The maximum Gasteiger partial charge on any atom is 0.451 e. The fourth-order valence-corrected chi connectivity index (χ4v) is 4.33. The number of halogens is 4. The monoisotopic (exact) mass is 512 g/mol. The highest BCUT2D eigenvalue weighted by Crippen LogP contribution is 2.40. The fourth-order valence-electron chi connectivity index (χ4n) is 3.41. The minimum Gasteiger partial charge on any atom is -0.472 e. The predicted octanol–water partition coefficient (Wildman–Crippen LogP) is 6.98. The van der Waals surface area contributed by atoms with Crippen molar-refractivity contribution in [2.75, 3.05) is 6.61 Å². The summed E-state index contributed by atoms with van der Waals surface area (Å²) in [7, 11) is -1.99. The molecule has 0 aliphatic rings. The van der Waals surface area contributed by atoms with E-state index in [1.165, 1.54) is 18.2 Å². The molecule has 0 aliphatic heterocycles. The van der Waals surface area contributed by atoms with E-state index < -0.39 is 35.2 Å². The lowest BCUT2D eigenvalue weighted by Gasteiger charge is -2.18. The molecular weight excluding hydrogens is 492 g/mol. The highest BCUT2D eigenvalue weighted by atomic mass is 32.2. The van der Waals surface area contributed by atoms with Crippen LogP contribution in [0.3, 0.4) is 0 Å². The summed E-state index contributed by atoms with van der Waals surface area (Å²) in [5, 5.41) is 0. The van der Waals surface area contributed by atoms with E-state index in [2.05, 4.69) is 16.5 Å². The van der Waals surface area contributed by atoms with Gasteiger partial charge in [0.1, 0.15) is 12.4 Å². The first-order valence-corrected chi connectivity index (χ1v) is 11.9. The van der Waals surface area contributed by atoms with Crippen LogP contribution >= 0.6 is 0 Å². The summed E-state index contributed by atoms with van der Waals surface area (Å²) in [5.74, 6) is -2.43. The van der Waals surface area contributed by atoms with E-state index in [0.717, 1.165) is 11.6 Å². The van der Waals surface area contributed by atoms with Crippen LogP contribution in [0.4, 0.5) is 17.6 Å². The van der Waals surface area contributed by atoms with Crippen LogP contribution in [0.15, 0.2) is 95.2 Å². The molecule has 0 N–H and O–H groups in total. The van der Waals surface area contributed by atoms with Gasteiger partial charge in [0.15, 0.2) is 0 Å². The molecule has 0 amide bonds. The van der Waals surface area contributed by atoms with E-state index in [1.807, 2.05) is 6.92 Å². The summed E-state index contributed by atoms with van der Waals surface area (Å²) in [6.07, 6.45) is -4.85. The van der Waals surface area contributed by atoms with Gasteiger partial charge < -0.3 is 4.74 Å². The maximum atomic E-state index is 14.1. The van der Waals surface area contributed by atoms with Crippen LogP contribution in [0.5, 0.6) is 5.88 Å². The Labute approximate surface area is 207 Å². The average Bonchev–Trinajstić information content (AvgIpc) is 2.87. The summed E-state index contributed by atoms with van der Waals surface area (Å²) in [4.78, 5) is 7.39. The van der Waals surface area contributed by atoms with Crippen molar-refractivity contribution in [2.24, 2.45) is 0 Å². The summed E-state index contributed by atoms with van der Waals surface area (Å²) >= 11 is 0. The van der Waals surface area contributed by atoms with Crippen molar-refractivity contribution in [3.63, 3.8) is 0 Å². The van der Waals surface area contributed by atoms with Gasteiger partial charge in [-0.25, -0.2) is 13.6 Å². The van der Waals surface area contributed by atoms with Crippen LogP contribution < -0.4 is 4.74 Å². The molecule has 0 bridgehead atoms. The Bertz CT molecular complexity index is 1420. The molecule has 4 rings (SSSR count). The van der Waals surface area contributed by atoms with Gasteiger partial charge in [-0.1, -0.05) is 78.9 Å². The molecular formula is C27H20F4N2O2S. The molecule has 9 heteroatoms. The Kier molecular flexibility index (Phi) is 7.30. The second-order valence-corrected chi connectivity index (χ2v) is 9.39. The largest absolute Gasteiger partial charge is 0.472 e. The number of hydrogen-bond donors (Lipinski definition) is 0. The maximum absolute atomic E-state index is 14.1. The minimum absolute atomic E-state index is 0.0272. The zero-order valence-corrected chi connectivity index (χ0v) is 19.9. The van der Waals surface area contributed by atoms with Gasteiger partial charge in [0.05, 0.1) is 31.9 Å². The van der Waals surface area contributed by atoms with E-state index in [0.29, 0.717) is 11.1 Å². The number of hydrogen-bond acceptors (Lipinski definition) is 4. The average molecular weight is 513 g/mol. The molecule has 1 aromatic heterocycles. The zero-order valence-electron chi connectivity index (χ0n) is 19.1. The molecule has 184 valence electrons. The van der Waals surface area contributed by atoms with Crippen LogP contribution in [0, 0.1) is 12.7 Å². The van der Waals surface area contributed by atoms with Crippen molar-refractivity contribution in [1.82, 2.24) is 9.97 Å². The topological polar surface area (TPSA) is 52.1 Å². The van der Waals surface area contributed by atoms with Gasteiger partial charge in [-0.2, -0.15) is 18.2 Å². The van der Waals surface area contributed by atoms with Gasteiger partial charge in [-0.15, -0.1) is 0 Å². The molecule has 4 nitrogen and oxygen atoms in total. The Morgan fingerprint density at radius 3 is 2.19 bits per heavy atom. The van der Waals surface area contributed by atoms with Crippen molar-refractivity contribution in [1.29, 1.82) is 0 Å². The fraction of sp³-hybridized carbons (Fsp3) is 0.111. The van der Waals surface area contributed by atoms with Crippen LogP contribution in [0.25, 0.3) is 22.4 Å².